The number of aromatic carboxylic acids is 1. The molecule has 8 nitrogen and oxygen atoms in total. The zero-order valence-electron chi connectivity index (χ0n) is 9.41. The molecule has 0 atom stereocenters. The first-order valence-corrected chi connectivity index (χ1v) is 6.56. The molecular formula is C9H12N4O4S. The number of rotatable bonds is 5. The van der Waals surface area contributed by atoms with Gasteiger partial charge >= 0.3 is 5.97 Å². The zero-order valence-corrected chi connectivity index (χ0v) is 10.2. The number of aliphatic imine (C=N–C) groups is 1. The predicted octanol–water partition coefficient (Wildman–Crippen LogP) is -0.121. The monoisotopic (exact) mass is 272 g/mol. The Morgan fingerprint density at radius 3 is 2.67 bits per heavy atom. The van der Waals surface area contributed by atoms with Gasteiger partial charge in [-0.1, -0.05) is 0 Å². The van der Waals surface area contributed by atoms with E-state index < -0.39 is 16.0 Å². The molecule has 0 spiro atoms. The highest BCUT2D eigenvalue weighted by molar-refractivity contribution is 7.92. The molecule has 0 radical (unpaired) electrons. The largest absolute Gasteiger partial charge is 0.478 e. The van der Waals surface area contributed by atoms with Gasteiger partial charge < -0.3 is 10.5 Å². The van der Waals surface area contributed by atoms with E-state index >= 15 is 0 Å². The molecule has 0 saturated carbocycles. The minimum atomic E-state index is -3.48. The first kappa shape index (κ1) is 13.9. The molecule has 9 heteroatoms. The summed E-state index contributed by atoms with van der Waals surface area (Å²) < 4.78 is 24.5. The summed E-state index contributed by atoms with van der Waals surface area (Å²) in [6, 6.07) is 3.81. The van der Waals surface area contributed by atoms with Crippen molar-refractivity contribution < 1.29 is 18.3 Å². The van der Waals surface area contributed by atoms with Crippen molar-refractivity contribution in [3.8, 4) is 0 Å². The summed E-state index contributed by atoms with van der Waals surface area (Å²) in [5.74, 6) is 3.86. The van der Waals surface area contributed by atoms with Crippen molar-refractivity contribution in [2.24, 2.45) is 10.8 Å². The van der Waals surface area contributed by atoms with Crippen molar-refractivity contribution in [2.45, 2.75) is 0 Å². The minimum Gasteiger partial charge on any atom is -0.478 e. The molecule has 1 aromatic rings. The van der Waals surface area contributed by atoms with Gasteiger partial charge in [0.05, 0.1) is 23.2 Å². The Kier molecular flexibility index (Phi) is 4.23. The van der Waals surface area contributed by atoms with Gasteiger partial charge in [0.15, 0.2) is 0 Å². The van der Waals surface area contributed by atoms with Gasteiger partial charge in [0.2, 0.25) is 10.0 Å². The van der Waals surface area contributed by atoms with E-state index in [1.807, 2.05) is 0 Å². The van der Waals surface area contributed by atoms with E-state index in [0.717, 1.165) is 12.6 Å². The van der Waals surface area contributed by atoms with Crippen LogP contribution in [0.5, 0.6) is 0 Å². The molecule has 18 heavy (non-hydrogen) atoms. The van der Waals surface area contributed by atoms with Crippen LogP contribution in [0, 0.1) is 0 Å². The van der Waals surface area contributed by atoms with Crippen LogP contribution in [0.1, 0.15) is 10.4 Å². The molecule has 5 N–H and O–H groups in total. The fourth-order valence-corrected chi connectivity index (χ4v) is 1.74. The van der Waals surface area contributed by atoms with Gasteiger partial charge in [-0.2, -0.15) is 0 Å². The second-order valence-electron chi connectivity index (χ2n) is 3.34. The van der Waals surface area contributed by atoms with Crippen molar-refractivity contribution in [1.82, 2.24) is 5.43 Å². The number of hydrogen-bond donors (Lipinski definition) is 4. The van der Waals surface area contributed by atoms with Crippen LogP contribution in [0.25, 0.3) is 0 Å². The van der Waals surface area contributed by atoms with Crippen molar-refractivity contribution in [2.75, 3.05) is 11.0 Å². The molecule has 0 bridgehead atoms. The molecule has 0 aliphatic rings. The molecule has 1 rings (SSSR count). The summed E-state index contributed by atoms with van der Waals surface area (Å²) in [6.07, 6.45) is 2.08. The van der Waals surface area contributed by atoms with Crippen molar-refractivity contribution in [3.05, 3.63) is 23.8 Å². The highest BCUT2D eigenvalue weighted by atomic mass is 32.2. The van der Waals surface area contributed by atoms with Gasteiger partial charge in [-0.25, -0.2) is 24.0 Å². The van der Waals surface area contributed by atoms with Crippen LogP contribution >= 0.6 is 0 Å². The summed E-state index contributed by atoms with van der Waals surface area (Å²) in [7, 11) is -3.48. The number of carbonyl (C=O) groups is 1. The quantitative estimate of drug-likeness (QED) is 0.255. The Balaban J connectivity index is 3.24. The Morgan fingerprint density at radius 1 is 1.50 bits per heavy atom. The first-order chi connectivity index (χ1) is 8.33. The van der Waals surface area contributed by atoms with E-state index in [0.29, 0.717) is 0 Å². The fraction of sp³-hybridized carbons (Fsp3) is 0.111. The number of benzene rings is 1. The lowest BCUT2D eigenvalue weighted by molar-refractivity contribution is 0.0697. The van der Waals surface area contributed by atoms with E-state index in [4.69, 9.17) is 10.9 Å². The number of nitrogens with two attached hydrogens (primary N) is 1. The molecule has 0 unspecified atom stereocenters. The summed E-state index contributed by atoms with van der Waals surface area (Å²) in [4.78, 5) is 14.6. The molecular weight excluding hydrogens is 260 g/mol. The van der Waals surface area contributed by atoms with Crippen LogP contribution in [-0.2, 0) is 10.0 Å². The Labute approximate surface area is 104 Å². The third-order valence-electron chi connectivity index (χ3n) is 1.82. The maximum Gasteiger partial charge on any atom is 0.335 e. The summed E-state index contributed by atoms with van der Waals surface area (Å²) in [5, 5.41) is 8.83. The van der Waals surface area contributed by atoms with Crippen LogP contribution in [0.4, 0.5) is 11.4 Å². The molecule has 1 aromatic carbocycles. The van der Waals surface area contributed by atoms with E-state index in [1.165, 1.54) is 18.2 Å². The highest BCUT2D eigenvalue weighted by Crippen LogP contribution is 2.26. The lowest BCUT2D eigenvalue weighted by atomic mass is 10.2. The summed E-state index contributed by atoms with van der Waals surface area (Å²) >= 11 is 0. The third kappa shape index (κ3) is 4.03. The summed E-state index contributed by atoms with van der Waals surface area (Å²) in [5.41, 5.74) is 2.42. The Hall–Kier alpha value is -2.13. The number of hydrogen-bond acceptors (Lipinski definition) is 5. The van der Waals surface area contributed by atoms with E-state index in [-0.39, 0.29) is 16.9 Å². The maximum atomic E-state index is 11.1. The number of sulfonamides is 1. The van der Waals surface area contributed by atoms with E-state index in [1.54, 1.807) is 0 Å². The molecule has 0 aliphatic heterocycles. The normalized spacial score (nSPS) is 11.4. The average Bonchev–Trinajstić information content (AvgIpc) is 2.25. The number of carboxylic acids is 1. The number of nitrogens with one attached hydrogen (secondary N) is 2. The molecule has 0 saturated heterocycles. The molecule has 0 aliphatic carbocycles. The maximum absolute atomic E-state index is 11.1. The van der Waals surface area contributed by atoms with Crippen molar-refractivity contribution in [3.63, 3.8) is 0 Å². The lowest BCUT2D eigenvalue weighted by Crippen LogP contribution is -2.18. The average molecular weight is 272 g/mol. The van der Waals surface area contributed by atoms with Gasteiger partial charge in [-0.05, 0) is 18.2 Å². The van der Waals surface area contributed by atoms with Gasteiger partial charge in [0, 0.05) is 0 Å². The lowest BCUT2D eigenvalue weighted by Gasteiger charge is -2.08. The number of anilines is 1. The molecule has 0 fully saturated rings. The SMILES string of the molecule is CS(=O)(=O)Nc1ccc(C(=O)O)cc1N=CNN. The van der Waals surface area contributed by atoms with Crippen LogP contribution < -0.4 is 16.0 Å². The predicted molar refractivity (Wildman–Crippen MR) is 67.3 cm³/mol. The molecule has 0 heterocycles. The second kappa shape index (κ2) is 5.47. The highest BCUT2D eigenvalue weighted by Gasteiger charge is 2.10. The first-order valence-electron chi connectivity index (χ1n) is 4.67. The Morgan fingerprint density at radius 2 is 2.17 bits per heavy atom. The van der Waals surface area contributed by atoms with Crippen LogP contribution in [0.3, 0.4) is 0 Å². The summed E-state index contributed by atoms with van der Waals surface area (Å²) in [6.45, 7) is 0. The second-order valence-corrected chi connectivity index (χ2v) is 5.08. The van der Waals surface area contributed by atoms with Gasteiger partial charge in [0.1, 0.15) is 6.34 Å². The molecule has 0 aromatic heterocycles. The van der Waals surface area contributed by atoms with Gasteiger partial charge in [-0.15, -0.1) is 0 Å². The number of hydrazine groups is 1. The van der Waals surface area contributed by atoms with E-state index in [2.05, 4.69) is 15.1 Å². The number of nitrogens with zero attached hydrogens (tertiary/aromatic N) is 1. The van der Waals surface area contributed by atoms with Crippen LogP contribution in [0.15, 0.2) is 23.2 Å². The zero-order chi connectivity index (χ0) is 13.8. The topological polar surface area (TPSA) is 134 Å². The minimum absolute atomic E-state index is 0.0155. The van der Waals surface area contributed by atoms with Gasteiger partial charge in [0.25, 0.3) is 0 Å². The number of carboxylic acid groups (broad SMARTS) is 1. The Bertz CT molecular complexity index is 582. The third-order valence-corrected chi connectivity index (χ3v) is 2.41. The van der Waals surface area contributed by atoms with E-state index in [9.17, 15) is 13.2 Å². The smallest absolute Gasteiger partial charge is 0.335 e. The molecule has 98 valence electrons. The standard InChI is InChI=1S/C9H12N4O4S/c1-18(16,17)13-7-3-2-6(9(14)15)4-8(7)11-5-12-10/h2-5,13H,10H2,1H3,(H,11,12)(H,14,15). The molecule has 0 amide bonds. The van der Waals surface area contributed by atoms with Crippen molar-refractivity contribution in [1.29, 1.82) is 0 Å². The van der Waals surface area contributed by atoms with Crippen molar-refractivity contribution >= 4 is 33.7 Å². The van der Waals surface area contributed by atoms with Gasteiger partial charge in [-0.3, -0.25) is 4.72 Å². The van der Waals surface area contributed by atoms with Crippen LogP contribution in [0.2, 0.25) is 0 Å². The fourth-order valence-electron chi connectivity index (χ4n) is 1.16. The van der Waals surface area contributed by atoms with Crippen LogP contribution in [-0.4, -0.2) is 32.1 Å².